The van der Waals surface area contributed by atoms with Crippen molar-refractivity contribution >= 4 is 49.7 Å². The number of rotatable bonds is 16. The van der Waals surface area contributed by atoms with Crippen molar-refractivity contribution in [1.29, 1.82) is 0 Å². The summed E-state index contributed by atoms with van der Waals surface area (Å²) in [5.74, 6) is -0.159. The second kappa shape index (κ2) is 23.1. The largest absolute Gasteiger partial charge is 0.872 e. The summed E-state index contributed by atoms with van der Waals surface area (Å²) in [5, 5.41) is 27.3. The molecule has 0 spiro atoms. The van der Waals surface area contributed by atoms with E-state index in [2.05, 4.69) is 40.0 Å². The molecular weight excluding hydrogens is 547 g/mol. The van der Waals surface area contributed by atoms with Crippen LogP contribution in [-0.4, -0.2) is 33.8 Å². The third-order valence-electron chi connectivity index (χ3n) is 4.70. The van der Waals surface area contributed by atoms with Crippen LogP contribution in [0.4, 0.5) is 0 Å². The van der Waals surface area contributed by atoms with E-state index in [4.69, 9.17) is 0 Å². The molecule has 0 saturated carbocycles. The number of halogens is 1. The van der Waals surface area contributed by atoms with Crippen LogP contribution in [0.5, 0.6) is 5.75 Å². The molecule has 0 bridgehead atoms. The molecule has 6 heteroatoms. The van der Waals surface area contributed by atoms with Crippen molar-refractivity contribution in [2.75, 3.05) is 0 Å². The smallest absolute Gasteiger partial charge is 0.0561 e. The van der Waals surface area contributed by atoms with Gasteiger partial charge in [-0.05, 0) is 24.1 Å². The van der Waals surface area contributed by atoms with Crippen LogP contribution in [0.2, 0.25) is 8.87 Å². The summed E-state index contributed by atoms with van der Waals surface area (Å²) >= 11 is 3.28. The number of nitrogens with zero attached hydrogens (tertiary/aromatic N) is 2. The van der Waals surface area contributed by atoms with E-state index >= 15 is 0 Å². The average Bonchev–Trinajstić information content (AvgIpc) is 2.74. The second-order valence-electron chi connectivity index (χ2n) is 7.43. The molecule has 0 aliphatic rings. The van der Waals surface area contributed by atoms with Gasteiger partial charge in [-0.25, -0.2) is 0 Å². The molecule has 0 aliphatic carbocycles. The van der Waals surface area contributed by atoms with Gasteiger partial charge >= 0.3 is 121 Å². The molecule has 1 aromatic rings. The molecule has 0 aliphatic heterocycles. The van der Waals surface area contributed by atoms with Crippen LogP contribution in [0.3, 0.4) is 0 Å². The van der Waals surface area contributed by atoms with Crippen molar-refractivity contribution in [2.45, 2.75) is 99.8 Å². The number of unbranched alkanes of at least 4 members (excludes halogenated alkanes) is 10. The summed E-state index contributed by atoms with van der Waals surface area (Å²) < 4.78 is 4.09. The fourth-order valence-corrected chi connectivity index (χ4v) is 6.88. The van der Waals surface area contributed by atoms with E-state index in [-0.39, 0.29) is 26.9 Å². The fraction of sp³-hybridized carbons (Fsp3) is 0.667. The molecule has 0 radical (unpaired) electrons. The van der Waals surface area contributed by atoms with Gasteiger partial charge in [-0.2, -0.15) is 10.2 Å². The second-order valence-corrected chi connectivity index (χ2v) is 12.6. The molecule has 1 aromatic carbocycles. The van der Waals surface area contributed by atoms with Crippen LogP contribution in [0.1, 0.15) is 96.5 Å². The topological polar surface area (TPSA) is 70.8 Å². The normalized spacial score (nSPS) is 10.9. The zero-order chi connectivity index (χ0) is 22.3. The number of benzene rings is 1. The van der Waals surface area contributed by atoms with Crippen LogP contribution in [0.15, 0.2) is 32.9 Å². The monoisotopic (exact) mass is 586 g/mol. The first-order valence-corrected chi connectivity index (χ1v) is 16.3. The molecule has 30 heavy (non-hydrogen) atoms. The summed E-state index contributed by atoms with van der Waals surface area (Å²) in [5.41, 5.74) is 0.389. The van der Waals surface area contributed by atoms with E-state index in [9.17, 15) is 10.2 Å². The SMILES string of the molecule is CCCCCCC[CH2][Sn+2][CH2]CCCCCCC.[O-]/C=N\N=C\c1cc(Br)ccc1[O-]. The molecule has 0 fully saturated rings. The molecule has 0 heterocycles. The maximum absolute atomic E-state index is 11.1. The molecule has 0 aromatic heterocycles. The van der Waals surface area contributed by atoms with Gasteiger partial charge < -0.3 is 10.2 Å². The van der Waals surface area contributed by atoms with Crippen LogP contribution >= 0.6 is 15.9 Å². The maximum Gasteiger partial charge on any atom is 0.0561 e. The summed E-state index contributed by atoms with van der Waals surface area (Å²) in [6.45, 7) is 4.60. The molecule has 0 N–H and O–H groups in total. The van der Waals surface area contributed by atoms with E-state index in [0.29, 0.717) is 12.0 Å². The van der Waals surface area contributed by atoms with Crippen molar-refractivity contribution in [3.8, 4) is 5.75 Å². The Labute approximate surface area is 203 Å². The van der Waals surface area contributed by atoms with Gasteiger partial charge in [0.2, 0.25) is 0 Å². The molecule has 0 amide bonds. The fourth-order valence-electron chi connectivity index (χ4n) is 2.93. The Bertz CT molecular complexity index is 554. The van der Waals surface area contributed by atoms with Crippen molar-refractivity contribution in [1.82, 2.24) is 0 Å². The quantitative estimate of drug-likeness (QED) is 0.0731. The predicted octanol–water partition coefficient (Wildman–Crippen LogP) is 6.49. The third kappa shape index (κ3) is 19.4. The van der Waals surface area contributed by atoms with Gasteiger partial charge in [0.25, 0.3) is 0 Å². The Morgan fingerprint density at radius 1 is 0.833 bits per heavy atom. The zero-order valence-corrected chi connectivity index (χ0v) is 23.3. The first-order chi connectivity index (χ1) is 14.7. The Kier molecular flexibility index (Phi) is 22.7. The Morgan fingerprint density at radius 3 is 1.90 bits per heavy atom. The van der Waals surface area contributed by atoms with E-state index in [1.807, 2.05) is 0 Å². The predicted molar refractivity (Wildman–Crippen MR) is 132 cm³/mol. The van der Waals surface area contributed by atoms with E-state index in [1.54, 1.807) is 33.8 Å². The number of hydrogen-bond acceptors (Lipinski definition) is 4. The van der Waals surface area contributed by atoms with Gasteiger partial charge in [0, 0.05) is 4.47 Å². The van der Waals surface area contributed by atoms with Crippen LogP contribution in [-0.2, 0) is 0 Å². The molecule has 1 rings (SSSR count). The van der Waals surface area contributed by atoms with Gasteiger partial charge in [0.15, 0.2) is 0 Å². The summed E-state index contributed by atoms with van der Waals surface area (Å²) in [6, 6.07) is 4.65. The van der Waals surface area contributed by atoms with Crippen molar-refractivity contribution in [3.63, 3.8) is 0 Å². The molecule has 0 saturated heterocycles. The molecule has 4 nitrogen and oxygen atoms in total. The third-order valence-corrected chi connectivity index (χ3v) is 9.23. The van der Waals surface area contributed by atoms with Gasteiger partial charge in [-0.1, -0.05) is 27.7 Å². The minimum absolute atomic E-state index is 0.0736. The Balaban J connectivity index is 0.000000579. The summed E-state index contributed by atoms with van der Waals surface area (Å²) in [4.78, 5) is 0. The molecule has 168 valence electrons. The van der Waals surface area contributed by atoms with Gasteiger partial charge in [0.1, 0.15) is 0 Å². The first kappa shape index (κ1) is 29.4. The van der Waals surface area contributed by atoms with Crippen LogP contribution < -0.4 is 10.2 Å². The maximum atomic E-state index is 11.1. The van der Waals surface area contributed by atoms with E-state index in [0.717, 1.165) is 4.47 Å². The molecular formula is C24H39BrN2O2Sn. The minimum atomic E-state index is -0.159. The molecule has 0 unspecified atom stereocenters. The Hall–Kier alpha value is -0.561. The summed E-state index contributed by atoms with van der Waals surface area (Å²) in [7, 11) is 0. The average molecular weight is 586 g/mol. The van der Waals surface area contributed by atoms with E-state index < -0.39 is 0 Å². The van der Waals surface area contributed by atoms with Crippen molar-refractivity contribution in [2.24, 2.45) is 10.2 Å². The minimum Gasteiger partial charge on any atom is -0.872 e. The number of hydrogen-bond donors (Lipinski definition) is 0. The first-order valence-electron chi connectivity index (χ1n) is 11.5. The zero-order valence-electron chi connectivity index (χ0n) is 18.9. The van der Waals surface area contributed by atoms with Gasteiger partial charge in [-0.3, -0.25) is 0 Å². The molecule has 0 atom stereocenters. The Morgan fingerprint density at radius 2 is 1.37 bits per heavy atom. The van der Waals surface area contributed by atoms with Gasteiger partial charge in [-0.15, -0.1) is 0 Å². The van der Waals surface area contributed by atoms with Crippen LogP contribution in [0.25, 0.3) is 0 Å². The standard InChI is InChI=1S/C8H7BrN2O2.2C8H17.Sn/c9-7-1-2-8(13)6(3-7)4-10-11-5-12;2*1-3-5-7-8-6-4-2;/h1-5,13H,(H,11,12);2*1,3-8H2,2H3;/q;;;+2/p-2/b10-4+;;;. The van der Waals surface area contributed by atoms with Crippen molar-refractivity contribution < 1.29 is 10.2 Å². The summed E-state index contributed by atoms with van der Waals surface area (Å²) in [6.07, 6.45) is 19.4. The van der Waals surface area contributed by atoms with Gasteiger partial charge in [0.05, 0.1) is 6.21 Å². The van der Waals surface area contributed by atoms with E-state index in [1.165, 1.54) is 76.5 Å². The van der Waals surface area contributed by atoms with Crippen molar-refractivity contribution in [3.05, 3.63) is 28.2 Å². The van der Waals surface area contributed by atoms with Crippen LogP contribution in [0, 0.1) is 0 Å².